The predicted molar refractivity (Wildman–Crippen MR) is 46.8 cm³/mol. The second-order valence-electron chi connectivity index (χ2n) is 1.96. The van der Waals surface area contributed by atoms with Crippen molar-refractivity contribution in [2.45, 2.75) is 20.3 Å². The molecule has 0 aromatic carbocycles. The fourth-order valence-corrected chi connectivity index (χ4v) is 0.463. The maximum absolute atomic E-state index is 4.96. The van der Waals surface area contributed by atoms with Crippen LogP contribution in [-0.2, 0) is 0 Å². The van der Waals surface area contributed by atoms with E-state index in [1.165, 1.54) is 0 Å². The molecule has 0 radical (unpaired) electrons. The van der Waals surface area contributed by atoms with Crippen LogP contribution in [0.1, 0.15) is 20.3 Å². The third-order valence-electron chi connectivity index (χ3n) is 0.926. The molecule has 0 rings (SSSR count). The zero-order valence-electron chi connectivity index (χ0n) is 5.98. The van der Waals surface area contributed by atoms with Crippen LogP contribution in [0.15, 0.2) is 24.3 Å². The number of hydrogen-bond donors (Lipinski definition) is 0. The van der Waals surface area contributed by atoms with Crippen LogP contribution in [0, 0.1) is 0 Å². The van der Waals surface area contributed by atoms with E-state index in [9.17, 15) is 0 Å². The number of hydrogen-bond acceptors (Lipinski definition) is 1. The summed E-state index contributed by atoms with van der Waals surface area (Å²) in [6.45, 7) is 7.72. The molecule has 0 fully saturated rings. The van der Waals surface area contributed by atoms with E-state index in [0.29, 0.717) is 0 Å². The van der Waals surface area contributed by atoms with Gasteiger partial charge in [-0.2, -0.15) is 0 Å². The summed E-state index contributed by atoms with van der Waals surface area (Å²) in [5, 5.41) is 0. The smallest absolute Gasteiger partial charge is 0.0397 e. The first-order chi connectivity index (χ1) is 4.18. The molecule has 0 N–H and O–H groups in total. The first-order valence-electron chi connectivity index (χ1n) is 3.05. The molecule has 1 heteroatoms. The van der Waals surface area contributed by atoms with Crippen molar-refractivity contribution in [2.75, 3.05) is 0 Å². The Morgan fingerprint density at radius 3 is 2.56 bits per heavy atom. The molecule has 9 heavy (non-hydrogen) atoms. The van der Waals surface area contributed by atoms with Gasteiger partial charge in [0.2, 0.25) is 0 Å². The van der Waals surface area contributed by atoms with Crippen molar-refractivity contribution in [3.8, 4) is 0 Å². The molecule has 0 saturated carbocycles. The molecule has 0 unspecified atom stereocenters. The van der Waals surface area contributed by atoms with E-state index < -0.39 is 0 Å². The molecule has 0 spiro atoms. The minimum absolute atomic E-state index is 0.858. The normalized spacial score (nSPS) is 10.0. The van der Waals surface area contributed by atoms with Crippen molar-refractivity contribution in [1.29, 1.82) is 0 Å². The van der Waals surface area contributed by atoms with Gasteiger partial charge in [-0.15, -0.1) is 0 Å². The number of allylic oxidation sites excluding steroid dienone is 3. The Labute approximate surface area is 62.3 Å². The Kier molecular flexibility index (Phi) is 4.24. The van der Waals surface area contributed by atoms with Crippen LogP contribution in [0.25, 0.3) is 0 Å². The summed E-state index contributed by atoms with van der Waals surface area (Å²) in [5.41, 5.74) is 0.967. The third-order valence-corrected chi connectivity index (χ3v) is 1.41. The SMILES string of the molecule is C=C(C)C(=S)/C=C\CC. The van der Waals surface area contributed by atoms with Crippen LogP contribution in [-0.4, -0.2) is 4.86 Å². The lowest BCUT2D eigenvalue weighted by Crippen LogP contribution is -1.86. The summed E-state index contributed by atoms with van der Waals surface area (Å²) in [6.07, 6.45) is 5.00. The number of thiocarbonyl (C=S) groups is 1. The van der Waals surface area contributed by atoms with Crippen molar-refractivity contribution in [3.63, 3.8) is 0 Å². The van der Waals surface area contributed by atoms with Gasteiger partial charge in [0, 0.05) is 4.86 Å². The minimum Gasteiger partial charge on any atom is -0.0947 e. The molecule has 0 amide bonds. The molecule has 0 aliphatic carbocycles. The Balaban J connectivity index is 3.77. The maximum Gasteiger partial charge on any atom is 0.0397 e. The second kappa shape index (κ2) is 4.45. The van der Waals surface area contributed by atoms with Crippen molar-refractivity contribution in [2.24, 2.45) is 0 Å². The fourth-order valence-electron chi connectivity index (χ4n) is 0.367. The van der Waals surface area contributed by atoms with Gasteiger partial charge in [-0.3, -0.25) is 0 Å². The van der Waals surface area contributed by atoms with Gasteiger partial charge in [0.25, 0.3) is 0 Å². The standard InChI is InChI=1S/C8H12S/c1-4-5-6-8(9)7(2)3/h5-6H,2,4H2,1,3H3/b6-5-. The van der Waals surface area contributed by atoms with Gasteiger partial charge in [-0.25, -0.2) is 0 Å². The first kappa shape index (κ1) is 8.57. The van der Waals surface area contributed by atoms with Gasteiger partial charge in [0.05, 0.1) is 0 Å². The Bertz CT molecular complexity index is 143. The molecule has 0 atom stereocenters. The molecule has 0 nitrogen and oxygen atoms in total. The lowest BCUT2D eigenvalue weighted by Gasteiger charge is -1.90. The summed E-state index contributed by atoms with van der Waals surface area (Å²) in [7, 11) is 0. The quantitative estimate of drug-likeness (QED) is 0.429. The Morgan fingerprint density at radius 1 is 1.67 bits per heavy atom. The van der Waals surface area contributed by atoms with Crippen LogP contribution in [0.5, 0.6) is 0 Å². The summed E-state index contributed by atoms with van der Waals surface area (Å²) < 4.78 is 0. The fraction of sp³-hybridized carbons (Fsp3) is 0.375. The molecule has 0 saturated heterocycles. The van der Waals surface area contributed by atoms with E-state index in [1.54, 1.807) is 0 Å². The third kappa shape index (κ3) is 4.10. The van der Waals surface area contributed by atoms with Gasteiger partial charge >= 0.3 is 0 Å². The highest BCUT2D eigenvalue weighted by Crippen LogP contribution is 1.95. The van der Waals surface area contributed by atoms with E-state index in [2.05, 4.69) is 13.5 Å². The zero-order chi connectivity index (χ0) is 7.28. The molecule has 0 aliphatic heterocycles. The zero-order valence-corrected chi connectivity index (χ0v) is 6.79. The molecule has 0 aromatic rings. The van der Waals surface area contributed by atoms with E-state index in [1.807, 2.05) is 19.1 Å². The summed E-state index contributed by atoms with van der Waals surface area (Å²) >= 11 is 4.96. The van der Waals surface area contributed by atoms with Gasteiger partial charge < -0.3 is 0 Å². The van der Waals surface area contributed by atoms with Crippen LogP contribution in [0.4, 0.5) is 0 Å². The maximum atomic E-state index is 4.96. The van der Waals surface area contributed by atoms with Gasteiger partial charge in [-0.1, -0.05) is 31.8 Å². The molecule has 0 bridgehead atoms. The molecular weight excluding hydrogens is 128 g/mol. The topological polar surface area (TPSA) is 0 Å². The average molecular weight is 140 g/mol. The lowest BCUT2D eigenvalue weighted by atomic mass is 10.2. The minimum atomic E-state index is 0.858. The molecule has 0 heterocycles. The first-order valence-corrected chi connectivity index (χ1v) is 3.45. The second-order valence-corrected chi connectivity index (χ2v) is 2.40. The summed E-state index contributed by atoms with van der Waals surface area (Å²) in [4.78, 5) is 0.858. The van der Waals surface area contributed by atoms with Crippen molar-refractivity contribution in [1.82, 2.24) is 0 Å². The largest absolute Gasteiger partial charge is 0.0947 e. The van der Waals surface area contributed by atoms with Crippen LogP contribution < -0.4 is 0 Å². The molecular formula is C8H12S. The van der Waals surface area contributed by atoms with Crippen LogP contribution in [0.2, 0.25) is 0 Å². The van der Waals surface area contributed by atoms with Crippen molar-refractivity contribution in [3.05, 3.63) is 24.3 Å². The number of rotatable bonds is 3. The van der Waals surface area contributed by atoms with E-state index >= 15 is 0 Å². The molecule has 0 aliphatic rings. The highest BCUT2D eigenvalue weighted by atomic mass is 32.1. The highest BCUT2D eigenvalue weighted by molar-refractivity contribution is 7.81. The van der Waals surface area contributed by atoms with E-state index in [-0.39, 0.29) is 0 Å². The van der Waals surface area contributed by atoms with Gasteiger partial charge in [-0.05, 0) is 25.0 Å². The van der Waals surface area contributed by atoms with Crippen molar-refractivity contribution >= 4 is 17.1 Å². The average Bonchev–Trinajstić information content (AvgIpc) is 1.82. The van der Waals surface area contributed by atoms with Gasteiger partial charge in [0.15, 0.2) is 0 Å². The summed E-state index contributed by atoms with van der Waals surface area (Å²) in [6, 6.07) is 0. The van der Waals surface area contributed by atoms with Crippen LogP contribution >= 0.6 is 12.2 Å². The molecule has 50 valence electrons. The van der Waals surface area contributed by atoms with Crippen LogP contribution in [0.3, 0.4) is 0 Å². The van der Waals surface area contributed by atoms with Gasteiger partial charge in [0.1, 0.15) is 0 Å². The van der Waals surface area contributed by atoms with E-state index in [4.69, 9.17) is 12.2 Å². The summed E-state index contributed by atoms with van der Waals surface area (Å²) in [5.74, 6) is 0. The lowest BCUT2D eigenvalue weighted by molar-refractivity contribution is 1.23. The Hall–Kier alpha value is -0.430. The monoisotopic (exact) mass is 140 g/mol. The predicted octanol–water partition coefficient (Wildman–Crippen LogP) is 2.90. The highest BCUT2D eigenvalue weighted by Gasteiger charge is 1.86. The molecule has 0 aromatic heterocycles. The van der Waals surface area contributed by atoms with E-state index in [0.717, 1.165) is 16.9 Å². The Morgan fingerprint density at radius 2 is 2.22 bits per heavy atom. The van der Waals surface area contributed by atoms with Crippen molar-refractivity contribution < 1.29 is 0 Å².